The number of amides is 2. The second-order valence-corrected chi connectivity index (χ2v) is 9.32. The number of imidazole rings is 1. The number of benzene rings is 2. The summed E-state index contributed by atoms with van der Waals surface area (Å²) in [7, 11) is 0. The van der Waals surface area contributed by atoms with Gasteiger partial charge >= 0.3 is 0 Å². The van der Waals surface area contributed by atoms with Crippen molar-refractivity contribution in [1.29, 1.82) is 0 Å². The lowest BCUT2D eigenvalue weighted by molar-refractivity contribution is -0.133. The highest BCUT2D eigenvalue weighted by atomic mass is 16.5. The lowest BCUT2D eigenvalue weighted by Crippen LogP contribution is -2.45. The highest BCUT2D eigenvalue weighted by Gasteiger charge is 2.38. The second-order valence-electron chi connectivity index (χ2n) is 9.32. The van der Waals surface area contributed by atoms with Gasteiger partial charge in [0, 0.05) is 31.1 Å². The van der Waals surface area contributed by atoms with E-state index in [0.29, 0.717) is 31.1 Å². The van der Waals surface area contributed by atoms with E-state index in [1.807, 2.05) is 42.5 Å². The highest BCUT2D eigenvalue weighted by Crippen LogP contribution is 2.23. The van der Waals surface area contributed by atoms with Crippen LogP contribution in [0.15, 0.2) is 48.5 Å². The van der Waals surface area contributed by atoms with Gasteiger partial charge in [-0.2, -0.15) is 0 Å². The van der Waals surface area contributed by atoms with Crippen LogP contribution in [0.3, 0.4) is 0 Å². The number of nitrogens with one attached hydrogen (secondary N) is 2. The van der Waals surface area contributed by atoms with Crippen LogP contribution in [0.5, 0.6) is 0 Å². The minimum atomic E-state index is -0.483. The first-order valence-electron chi connectivity index (χ1n) is 11.9. The van der Waals surface area contributed by atoms with Crippen LogP contribution in [0.25, 0.3) is 11.0 Å². The molecule has 0 spiro atoms. The third-order valence-corrected chi connectivity index (χ3v) is 6.46. The fraction of sp³-hybridized carbons (Fsp3) is 0.423. The molecule has 2 amide bonds. The summed E-state index contributed by atoms with van der Waals surface area (Å²) in [5, 5.41) is 12.1. The molecule has 1 aliphatic rings. The summed E-state index contributed by atoms with van der Waals surface area (Å²) in [6.07, 6.45) is 0.959. The van der Waals surface area contributed by atoms with Crippen LogP contribution < -0.4 is 10.8 Å². The summed E-state index contributed by atoms with van der Waals surface area (Å²) in [5.74, 6) is 0.160. The van der Waals surface area contributed by atoms with Crippen LogP contribution in [0.1, 0.15) is 54.9 Å². The number of likely N-dealkylation sites (tertiary alicyclic amines) is 1. The molecule has 3 N–H and O–H groups in total. The van der Waals surface area contributed by atoms with Crippen molar-refractivity contribution in [3.8, 4) is 0 Å². The van der Waals surface area contributed by atoms with Crippen LogP contribution in [0.2, 0.25) is 0 Å². The largest absolute Gasteiger partial charge is 0.347 e. The monoisotopic (exact) mass is 463 g/mol. The zero-order chi connectivity index (χ0) is 24.2. The van der Waals surface area contributed by atoms with E-state index in [0.717, 1.165) is 35.4 Å². The molecule has 1 aromatic heterocycles. The Kier molecular flexibility index (Phi) is 7.29. The standard InChI is InChI=1S/C26H33N5O3/c1-4-13-30-15-20(26(33)29-34)22(16-30)28-25(32)19-11-9-18(10-12-19)14-31-23-8-6-5-7-21(23)27-24(31)17(2)3/h5-12,17,20,22,34H,4,13-16H2,1-3H3,(H,28,32)(H,29,33)/t20-,22+/m0/s1. The topological polar surface area (TPSA) is 99.5 Å². The molecule has 0 saturated carbocycles. The lowest BCUT2D eigenvalue weighted by atomic mass is 10.0. The number of hydrogen-bond acceptors (Lipinski definition) is 5. The van der Waals surface area contributed by atoms with Crippen molar-refractivity contribution in [1.82, 2.24) is 25.2 Å². The summed E-state index contributed by atoms with van der Waals surface area (Å²) in [5.41, 5.74) is 5.44. The van der Waals surface area contributed by atoms with Crippen molar-refractivity contribution >= 4 is 22.8 Å². The first-order valence-corrected chi connectivity index (χ1v) is 11.9. The SMILES string of the molecule is CCCN1C[C@H](C(=O)NO)[C@H](NC(=O)c2ccc(Cn3c(C(C)C)nc4ccccc43)cc2)C1. The fourth-order valence-corrected chi connectivity index (χ4v) is 4.78. The van der Waals surface area contributed by atoms with E-state index in [2.05, 4.69) is 41.6 Å². The number of nitrogens with zero attached hydrogens (tertiary/aromatic N) is 3. The van der Waals surface area contributed by atoms with Gasteiger partial charge in [-0.3, -0.25) is 14.8 Å². The molecule has 0 bridgehead atoms. The minimum absolute atomic E-state index is 0.221. The predicted molar refractivity (Wildman–Crippen MR) is 131 cm³/mol. The van der Waals surface area contributed by atoms with Gasteiger partial charge in [0.15, 0.2) is 0 Å². The van der Waals surface area contributed by atoms with E-state index in [1.54, 1.807) is 5.48 Å². The fourth-order valence-electron chi connectivity index (χ4n) is 4.78. The van der Waals surface area contributed by atoms with Crippen LogP contribution in [0, 0.1) is 5.92 Å². The number of rotatable bonds is 8. The maximum Gasteiger partial charge on any atom is 0.251 e. The number of carbonyl (C=O) groups excluding carboxylic acids is 2. The van der Waals surface area contributed by atoms with Gasteiger partial charge in [0.2, 0.25) is 5.91 Å². The second kappa shape index (κ2) is 10.4. The van der Waals surface area contributed by atoms with E-state index < -0.39 is 11.8 Å². The first kappa shape index (κ1) is 23.9. The summed E-state index contributed by atoms with van der Waals surface area (Å²) in [6.45, 7) is 8.97. The van der Waals surface area contributed by atoms with Crippen molar-refractivity contribution < 1.29 is 14.8 Å². The number of carbonyl (C=O) groups is 2. The summed E-state index contributed by atoms with van der Waals surface area (Å²) < 4.78 is 2.23. The zero-order valence-corrected chi connectivity index (χ0v) is 20.0. The molecule has 2 aromatic carbocycles. The van der Waals surface area contributed by atoms with Crippen LogP contribution in [-0.4, -0.2) is 57.1 Å². The van der Waals surface area contributed by atoms with E-state index in [1.165, 1.54) is 0 Å². The lowest BCUT2D eigenvalue weighted by Gasteiger charge is -2.18. The Hall–Kier alpha value is -3.23. The van der Waals surface area contributed by atoms with Crippen molar-refractivity contribution in [2.24, 2.45) is 5.92 Å². The molecule has 1 saturated heterocycles. The molecule has 8 heteroatoms. The number of hydrogen-bond donors (Lipinski definition) is 3. The van der Waals surface area contributed by atoms with E-state index >= 15 is 0 Å². The molecule has 3 aromatic rings. The molecule has 2 atom stereocenters. The summed E-state index contributed by atoms with van der Waals surface area (Å²) >= 11 is 0. The zero-order valence-electron chi connectivity index (χ0n) is 20.0. The Balaban J connectivity index is 1.48. The minimum Gasteiger partial charge on any atom is -0.347 e. The van der Waals surface area contributed by atoms with Crippen LogP contribution >= 0.6 is 0 Å². The Labute approximate surface area is 199 Å². The molecule has 4 rings (SSSR count). The maximum absolute atomic E-state index is 12.9. The van der Waals surface area contributed by atoms with Gasteiger partial charge < -0.3 is 14.8 Å². The molecule has 180 valence electrons. The smallest absolute Gasteiger partial charge is 0.251 e. The molecular weight excluding hydrogens is 430 g/mol. The average Bonchev–Trinajstić information content (AvgIpc) is 3.41. The van der Waals surface area contributed by atoms with Crippen molar-refractivity contribution in [3.63, 3.8) is 0 Å². The van der Waals surface area contributed by atoms with Crippen molar-refractivity contribution in [2.75, 3.05) is 19.6 Å². The van der Waals surface area contributed by atoms with Gasteiger partial charge in [0.25, 0.3) is 5.91 Å². The molecular formula is C26H33N5O3. The predicted octanol–water partition coefficient (Wildman–Crippen LogP) is 3.15. The molecule has 2 heterocycles. The number of fused-ring (bicyclic) bond motifs is 1. The molecule has 8 nitrogen and oxygen atoms in total. The van der Waals surface area contributed by atoms with E-state index in [-0.39, 0.29) is 11.9 Å². The van der Waals surface area contributed by atoms with Crippen LogP contribution in [0.4, 0.5) is 0 Å². The first-order chi connectivity index (χ1) is 16.4. The van der Waals surface area contributed by atoms with E-state index in [9.17, 15) is 9.59 Å². The Morgan fingerprint density at radius 1 is 1.12 bits per heavy atom. The molecule has 34 heavy (non-hydrogen) atoms. The van der Waals surface area contributed by atoms with Gasteiger partial charge in [-0.05, 0) is 42.8 Å². The van der Waals surface area contributed by atoms with Gasteiger partial charge in [-0.1, -0.05) is 45.0 Å². The van der Waals surface area contributed by atoms with E-state index in [4.69, 9.17) is 10.2 Å². The van der Waals surface area contributed by atoms with Crippen LogP contribution in [-0.2, 0) is 11.3 Å². The normalized spacial score (nSPS) is 18.5. The quantitative estimate of drug-likeness (QED) is 0.352. The average molecular weight is 464 g/mol. The van der Waals surface area contributed by atoms with Gasteiger partial charge in [-0.25, -0.2) is 10.5 Å². The number of para-hydroxylation sites is 2. The van der Waals surface area contributed by atoms with Crippen molar-refractivity contribution in [3.05, 3.63) is 65.5 Å². The molecule has 0 unspecified atom stereocenters. The van der Waals surface area contributed by atoms with Gasteiger partial charge in [-0.15, -0.1) is 0 Å². The number of aromatic nitrogens is 2. The third kappa shape index (κ3) is 4.98. The molecule has 1 fully saturated rings. The maximum atomic E-state index is 12.9. The Bertz CT molecular complexity index is 1150. The van der Waals surface area contributed by atoms with Crippen molar-refractivity contribution in [2.45, 2.75) is 45.7 Å². The molecule has 1 aliphatic heterocycles. The Morgan fingerprint density at radius 2 is 1.85 bits per heavy atom. The van der Waals surface area contributed by atoms with Gasteiger partial charge in [0.05, 0.1) is 23.0 Å². The summed E-state index contributed by atoms with van der Waals surface area (Å²) in [6, 6.07) is 15.3. The molecule has 0 radical (unpaired) electrons. The summed E-state index contributed by atoms with van der Waals surface area (Å²) in [4.78, 5) is 32.0. The third-order valence-electron chi connectivity index (χ3n) is 6.46. The molecule has 0 aliphatic carbocycles. The van der Waals surface area contributed by atoms with Gasteiger partial charge in [0.1, 0.15) is 5.82 Å². The highest BCUT2D eigenvalue weighted by molar-refractivity contribution is 5.95. The number of hydroxylamine groups is 1. The Morgan fingerprint density at radius 3 is 2.53 bits per heavy atom.